The molecule has 0 spiro atoms. The third kappa shape index (κ3) is 2.52. The Morgan fingerprint density at radius 2 is 1.53 bits per heavy atom. The van der Waals surface area contributed by atoms with Crippen LogP contribution in [0.4, 0.5) is 4.39 Å². The van der Waals surface area contributed by atoms with E-state index in [1.54, 1.807) is 0 Å². The minimum atomic E-state index is -0.865. The number of nitrogens with two attached hydrogens (primary N) is 1. The Labute approximate surface area is 92.6 Å². The molecular weight excluding hydrogens is 189 g/mol. The fourth-order valence-electron chi connectivity index (χ4n) is 3.31. The van der Waals surface area contributed by atoms with E-state index >= 15 is 0 Å². The highest BCUT2D eigenvalue weighted by atomic mass is 19.1. The predicted molar refractivity (Wildman–Crippen MR) is 61.4 cm³/mol. The third-order valence-electron chi connectivity index (χ3n) is 4.61. The molecule has 0 radical (unpaired) electrons. The summed E-state index contributed by atoms with van der Waals surface area (Å²) in [5.74, 6) is 1.15. The highest BCUT2D eigenvalue weighted by Crippen LogP contribution is 2.45. The van der Waals surface area contributed by atoms with Gasteiger partial charge in [-0.25, -0.2) is 4.39 Å². The average molecular weight is 213 g/mol. The molecule has 2 aliphatic rings. The molecule has 15 heavy (non-hydrogen) atoms. The molecule has 0 atom stereocenters. The SMILES string of the molecule is CC1CCC(C2(F)CCC(N)CC2)CC1. The summed E-state index contributed by atoms with van der Waals surface area (Å²) in [6.45, 7) is 2.29. The van der Waals surface area contributed by atoms with Crippen molar-refractivity contribution < 1.29 is 4.39 Å². The molecule has 2 rings (SSSR count). The highest BCUT2D eigenvalue weighted by Gasteiger charge is 2.42. The molecule has 2 aliphatic carbocycles. The Bertz CT molecular complexity index is 201. The maximum atomic E-state index is 14.7. The summed E-state index contributed by atoms with van der Waals surface area (Å²) >= 11 is 0. The van der Waals surface area contributed by atoms with Gasteiger partial charge in [-0.3, -0.25) is 0 Å². The minimum absolute atomic E-state index is 0.261. The maximum Gasteiger partial charge on any atom is 0.114 e. The zero-order valence-electron chi connectivity index (χ0n) is 9.84. The summed E-state index contributed by atoms with van der Waals surface area (Å²) in [6, 6.07) is 0.261. The molecule has 1 nitrogen and oxygen atoms in total. The second-order valence-corrected chi connectivity index (χ2v) is 5.83. The molecule has 2 saturated carbocycles. The summed E-state index contributed by atoms with van der Waals surface area (Å²) in [6.07, 6.45) is 7.87. The van der Waals surface area contributed by atoms with Crippen LogP contribution in [-0.4, -0.2) is 11.7 Å². The third-order valence-corrected chi connectivity index (χ3v) is 4.61. The normalized spacial score (nSPS) is 47.8. The summed E-state index contributed by atoms with van der Waals surface area (Å²) in [5.41, 5.74) is 4.98. The van der Waals surface area contributed by atoms with Crippen molar-refractivity contribution in [3.8, 4) is 0 Å². The predicted octanol–water partition coefficient (Wildman–Crippen LogP) is 3.42. The molecule has 2 heteroatoms. The fraction of sp³-hybridized carbons (Fsp3) is 1.00. The number of halogens is 1. The Hall–Kier alpha value is -0.110. The highest BCUT2D eigenvalue weighted by molar-refractivity contribution is 4.94. The molecule has 0 aromatic heterocycles. The first kappa shape index (κ1) is 11.4. The van der Waals surface area contributed by atoms with Crippen LogP contribution < -0.4 is 5.73 Å². The molecule has 0 bridgehead atoms. The van der Waals surface area contributed by atoms with Crippen molar-refractivity contribution in [3.63, 3.8) is 0 Å². The van der Waals surface area contributed by atoms with E-state index in [1.807, 2.05) is 0 Å². The zero-order chi connectivity index (χ0) is 10.9. The van der Waals surface area contributed by atoms with Crippen molar-refractivity contribution in [2.24, 2.45) is 17.6 Å². The Kier molecular flexibility index (Phi) is 3.34. The van der Waals surface area contributed by atoms with Crippen LogP contribution in [0.2, 0.25) is 0 Å². The summed E-state index contributed by atoms with van der Waals surface area (Å²) in [7, 11) is 0. The van der Waals surface area contributed by atoms with Crippen LogP contribution in [0.5, 0.6) is 0 Å². The monoisotopic (exact) mass is 213 g/mol. The van der Waals surface area contributed by atoms with Crippen LogP contribution in [0, 0.1) is 11.8 Å². The van der Waals surface area contributed by atoms with E-state index in [2.05, 4.69) is 6.92 Å². The summed E-state index contributed by atoms with van der Waals surface area (Å²) < 4.78 is 14.7. The topological polar surface area (TPSA) is 26.0 Å². The molecule has 0 aromatic rings. The van der Waals surface area contributed by atoms with Gasteiger partial charge in [0.05, 0.1) is 0 Å². The van der Waals surface area contributed by atoms with E-state index in [1.165, 1.54) is 12.8 Å². The number of alkyl halides is 1. The van der Waals surface area contributed by atoms with Gasteiger partial charge in [-0.2, -0.15) is 0 Å². The van der Waals surface area contributed by atoms with Crippen LogP contribution in [0.15, 0.2) is 0 Å². The van der Waals surface area contributed by atoms with Crippen molar-refractivity contribution in [3.05, 3.63) is 0 Å². The molecule has 2 fully saturated rings. The molecule has 0 aliphatic heterocycles. The second-order valence-electron chi connectivity index (χ2n) is 5.83. The molecule has 2 N–H and O–H groups in total. The first-order chi connectivity index (χ1) is 7.10. The lowest BCUT2D eigenvalue weighted by Gasteiger charge is -2.41. The first-order valence-corrected chi connectivity index (χ1v) is 6.54. The van der Waals surface area contributed by atoms with E-state index in [0.29, 0.717) is 18.8 Å². The van der Waals surface area contributed by atoms with Crippen molar-refractivity contribution in [2.75, 3.05) is 0 Å². The van der Waals surface area contributed by atoms with Gasteiger partial charge in [-0.1, -0.05) is 19.8 Å². The maximum absolute atomic E-state index is 14.7. The van der Waals surface area contributed by atoms with Gasteiger partial charge in [-0.05, 0) is 50.4 Å². The summed E-state index contributed by atoms with van der Waals surface area (Å²) in [5, 5.41) is 0. The lowest BCUT2D eigenvalue weighted by atomic mass is 9.68. The number of rotatable bonds is 1. The fourth-order valence-corrected chi connectivity index (χ4v) is 3.31. The molecule has 0 heterocycles. The van der Waals surface area contributed by atoms with E-state index in [0.717, 1.165) is 31.6 Å². The van der Waals surface area contributed by atoms with E-state index in [9.17, 15) is 4.39 Å². The van der Waals surface area contributed by atoms with Crippen LogP contribution in [0.3, 0.4) is 0 Å². The van der Waals surface area contributed by atoms with Gasteiger partial charge < -0.3 is 5.73 Å². The Balaban J connectivity index is 1.91. The Morgan fingerprint density at radius 1 is 1.00 bits per heavy atom. The van der Waals surface area contributed by atoms with Gasteiger partial charge in [0.25, 0.3) is 0 Å². The van der Waals surface area contributed by atoms with Gasteiger partial charge in [0.2, 0.25) is 0 Å². The lowest BCUT2D eigenvalue weighted by molar-refractivity contribution is 0.00890. The Morgan fingerprint density at radius 3 is 2.07 bits per heavy atom. The quantitative estimate of drug-likeness (QED) is 0.709. The molecule has 88 valence electrons. The molecule has 0 aromatic carbocycles. The lowest BCUT2D eigenvalue weighted by Crippen LogP contribution is -2.42. The van der Waals surface area contributed by atoms with E-state index in [-0.39, 0.29) is 6.04 Å². The smallest absolute Gasteiger partial charge is 0.114 e. The van der Waals surface area contributed by atoms with Crippen LogP contribution >= 0.6 is 0 Å². The number of hydrogen-bond donors (Lipinski definition) is 1. The van der Waals surface area contributed by atoms with Gasteiger partial charge in [-0.15, -0.1) is 0 Å². The van der Waals surface area contributed by atoms with Crippen molar-refractivity contribution in [1.82, 2.24) is 0 Å². The van der Waals surface area contributed by atoms with Gasteiger partial charge >= 0.3 is 0 Å². The van der Waals surface area contributed by atoms with Gasteiger partial charge in [0, 0.05) is 6.04 Å². The van der Waals surface area contributed by atoms with Crippen molar-refractivity contribution >= 4 is 0 Å². The van der Waals surface area contributed by atoms with Crippen LogP contribution in [0.1, 0.15) is 58.3 Å². The molecule has 0 saturated heterocycles. The minimum Gasteiger partial charge on any atom is -0.328 e. The van der Waals surface area contributed by atoms with Gasteiger partial charge in [0.15, 0.2) is 0 Å². The summed E-state index contributed by atoms with van der Waals surface area (Å²) in [4.78, 5) is 0. The van der Waals surface area contributed by atoms with E-state index in [4.69, 9.17) is 5.73 Å². The van der Waals surface area contributed by atoms with Gasteiger partial charge in [0.1, 0.15) is 5.67 Å². The first-order valence-electron chi connectivity index (χ1n) is 6.54. The van der Waals surface area contributed by atoms with Crippen LogP contribution in [0.25, 0.3) is 0 Å². The largest absolute Gasteiger partial charge is 0.328 e. The molecule has 0 unspecified atom stereocenters. The molecular formula is C13H24FN. The second kappa shape index (κ2) is 4.40. The van der Waals surface area contributed by atoms with E-state index < -0.39 is 5.67 Å². The van der Waals surface area contributed by atoms with Crippen molar-refractivity contribution in [2.45, 2.75) is 70.0 Å². The zero-order valence-corrected chi connectivity index (χ0v) is 9.84. The average Bonchev–Trinajstić information content (AvgIpc) is 2.24. The number of hydrogen-bond acceptors (Lipinski definition) is 1. The molecule has 0 amide bonds. The standard InChI is InChI=1S/C13H24FN/c1-10-2-4-11(5-3-10)13(14)8-6-12(15)7-9-13/h10-12H,2-9,15H2,1H3. The van der Waals surface area contributed by atoms with Crippen LogP contribution in [-0.2, 0) is 0 Å². The van der Waals surface area contributed by atoms with Crippen molar-refractivity contribution in [1.29, 1.82) is 0 Å².